The van der Waals surface area contributed by atoms with Crippen LogP contribution in [0, 0.1) is 0 Å². The number of nitrogens with zero attached hydrogens (tertiary/aromatic N) is 2. The standard InChI is InChI=1S/C23H22N2O4/c1-4-13-24(14-5-2)21(26)16-7-12-19-20(15-16)23(28)25(22(19)27)17-8-10-18(11-9-17)29-6-3/h4-5,7-12,15H,1-2,6,13-14H2,3H3. The smallest absolute Gasteiger partial charge is 0.266 e. The minimum Gasteiger partial charge on any atom is -0.494 e. The van der Waals surface area contributed by atoms with E-state index in [-0.39, 0.29) is 17.0 Å². The van der Waals surface area contributed by atoms with E-state index in [0.29, 0.717) is 36.7 Å². The number of rotatable bonds is 8. The maximum Gasteiger partial charge on any atom is 0.266 e. The zero-order valence-electron chi connectivity index (χ0n) is 16.3. The van der Waals surface area contributed by atoms with Crippen LogP contribution in [0.25, 0.3) is 0 Å². The quantitative estimate of drug-likeness (QED) is 0.509. The number of hydrogen-bond donors (Lipinski definition) is 0. The molecule has 148 valence electrons. The fourth-order valence-corrected chi connectivity index (χ4v) is 3.20. The van der Waals surface area contributed by atoms with E-state index < -0.39 is 11.8 Å². The van der Waals surface area contributed by atoms with Crippen LogP contribution in [0.2, 0.25) is 0 Å². The summed E-state index contributed by atoms with van der Waals surface area (Å²) in [7, 11) is 0. The first-order valence-corrected chi connectivity index (χ1v) is 9.28. The summed E-state index contributed by atoms with van der Waals surface area (Å²) in [5.74, 6) is -0.470. The van der Waals surface area contributed by atoms with Crippen molar-refractivity contribution < 1.29 is 19.1 Å². The molecule has 0 saturated heterocycles. The lowest BCUT2D eigenvalue weighted by Gasteiger charge is -2.19. The van der Waals surface area contributed by atoms with Crippen LogP contribution in [0.4, 0.5) is 5.69 Å². The van der Waals surface area contributed by atoms with Crippen molar-refractivity contribution >= 4 is 23.4 Å². The molecule has 6 nitrogen and oxygen atoms in total. The van der Waals surface area contributed by atoms with E-state index in [1.54, 1.807) is 47.4 Å². The van der Waals surface area contributed by atoms with Crippen LogP contribution in [-0.4, -0.2) is 42.3 Å². The van der Waals surface area contributed by atoms with E-state index in [1.807, 2.05) is 6.92 Å². The van der Waals surface area contributed by atoms with Gasteiger partial charge in [0.1, 0.15) is 5.75 Å². The van der Waals surface area contributed by atoms with E-state index in [2.05, 4.69) is 13.2 Å². The lowest BCUT2D eigenvalue weighted by atomic mass is 10.0. The van der Waals surface area contributed by atoms with Crippen molar-refractivity contribution in [3.8, 4) is 5.75 Å². The number of imide groups is 1. The SMILES string of the molecule is C=CCN(CC=C)C(=O)c1ccc2c(c1)C(=O)N(c1ccc(OCC)cc1)C2=O. The molecule has 2 aromatic carbocycles. The van der Waals surface area contributed by atoms with Crippen molar-refractivity contribution in [3.05, 3.63) is 84.5 Å². The summed E-state index contributed by atoms with van der Waals surface area (Å²) in [5, 5.41) is 0. The third-order valence-corrected chi connectivity index (χ3v) is 4.53. The van der Waals surface area contributed by atoms with E-state index in [9.17, 15) is 14.4 Å². The van der Waals surface area contributed by atoms with Gasteiger partial charge in [0.15, 0.2) is 0 Å². The summed E-state index contributed by atoms with van der Waals surface area (Å²) < 4.78 is 5.40. The van der Waals surface area contributed by atoms with E-state index in [1.165, 1.54) is 12.1 Å². The van der Waals surface area contributed by atoms with Gasteiger partial charge in [-0.15, -0.1) is 13.2 Å². The molecule has 0 spiro atoms. The van der Waals surface area contributed by atoms with Gasteiger partial charge >= 0.3 is 0 Å². The number of anilines is 1. The van der Waals surface area contributed by atoms with Gasteiger partial charge in [-0.2, -0.15) is 0 Å². The van der Waals surface area contributed by atoms with Crippen LogP contribution in [-0.2, 0) is 0 Å². The fourth-order valence-electron chi connectivity index (χ4n) is 3.20. The summed E-state index contributed by atoms with van der Waals surface area (Å²) in [4.78, 5) is 41.2. The first-order valence-electron chi connectivity index (χ1n) is 9.28. The second-order valence-electron chi connectivity index (χ2n) is 6.42. The molecule has 1 aliphatic rings. The van der Waals surface area contributed by atoms with Gasteiger partial charge in [0.25, 0.3) is 17.7 Å². The molecule has 2 aromatic rings. The second kappa shape index (κ2) is 8.56. The van der Waals surface area contributed by atoms with Crippen LogP contribution in [0.3, 0.4) is 0 Å². The molecule has 0 fully saturated rings. The monoisotopic (exact) mass is 390 g/mol. The molecule has 0 N–H and O–H groups in total. The Balaban J connectivity index is 1.90. The second-order valence-corrected chi connectivity index (χ2v) is 6.42. The highest BCUT2D eigenvalue weighted by atomic mass is 16.5. The first-order chi connectivity index (χ1) is 14.0. The van der Waals surface area contributed by atoms with Gasteiger partial charge in [-0.3, -0.25) is 14.4 Å². The Labute approximate surface area is 169 Å². The number of ether oxygens (including phenoxy) is 1. The predicted octanol–water partition coefficient (Wildman–Crippen LogP) is 3.70. The van der Waals surface area contributed by atoms with Crippen LogP contribution in [0.1, 0.15) is 38.0 Å². The zero-order chi connectivity index (χ0) is 21.0. The minimum atomic E-state index is -0.456. The Morgan fingerprint density at radius 3 is 2.21 bits per heavy atom. The summed E-state index contributed by atoms with van der Waals surface area (Å²) in [5.41, 5.74) is 1.28. The number of hydrogen-bond acceptors (Lipinski definition) is 4. The first kappa shape index (κ1) is 20.1. The average Bonchev–Trinajstić information content (AvgIpc) is 2.98. The third-order valence-electron chi connectivity index (χ3n) is 4.53. The Bertz CT molecular complexity index is 969. The number of amides is 3. The summed E-state index contributed by atoms with van der Waals surface area (Å²) in [6.07, 6.45) is 3.24. The molecule has 0 unspecified atom stereocenters. The van der Waals surface area contributed by atoms with Crippen LogP contribution >= 0.6 is 0 Å². The summed E-state index contributed by atoms with van der Waals surface area (Å²) >= 11 is 0. The molecule has 0 aromatic heterocycles. The van der Waals surface area contributed by atoms with Gasteiger partial charge in [-0.25, -0.2) is 4.90 Å². The van der Waals surface area contributed by atoms with Crippen molar-refractivity contribution in [2.24, 2.45) is 0 Å². The molecule has 0 atom stereocenters. The lowest BCUT2D eigenvalue weighted by molar-refractivity contribution is 0.0790. The highest BCUT2D eigenvalue weighted by molar-refractivity contribution is 6.34. The van der Waals surface area contributed by atoms with Crippen molar-refractivity contribution in [2.45, 2.75) is 6.92 Å². The molecule has 0 saturated carbocycles. The highest BCUT2D eigenvalue weighted by Gasteiger charge is 2.37. The van der Waals surface area contributed by atoms with Gasteiger partial charge in [0.2, 0.25) is 0 Å². The maximum atomic E-state index is 12.9. The molecule has 1 heterocycles. The number of benzene rings is 2. The molecule has 3 rings (SSSR count). The van der Waals surface area contributed by atoms with E-state index >= 15 is 0 Å². The normalized spacial score (nSPS) is 12.5. The molecule has 6 heteroatoms. The molecule has 0 radical (unpaired) electrons. The molecule has 1 aliphatic heterocycles. The third kappa shape index (κ3) is 3.82. The molecular weight excluding hydrogens is 368 g/mol. The number of carbonyl (C=O) groups is 3. The Morgan fingerprint density at radius 1 is 1.00 bits per heavy atom. The van der Waals surface area contributed by atoms with Crippen molar-refractivity contribution in [1.82, 2.24) is 4.90 Å². The summed E-state index contributed by atoms with van der Waals surface area (Å²) in [6.45, 7) is 10.4. The molecule has 0 aliphatic carbocycles. The van der Waals surface area contributed by atoms with Gasteiger partial charge in [0, 0.05) is 18.7 Å². The van der Waals surface area contributed by atoms with Crippen molar-refractivity contribution in [2.75, 3.05) is 24.6 Å². The molecule has 29 heavy (non-hydrogen) atoms. The van der Waals surface area contributed by atoms with Gasteiger partial charge in [-0.05, 0) is 49.4 Å². The predicted molar refractivity (Wildman–Crippen MR) is 111 cm³/mol. The number of carbonyl (C=O) groups excluding carboxylic acids is 3. The summed E-state index contributed by atoms with van der Waals surface area (Å²) in [6, 6.07) is 11.3. The van der Waals surface area contributed by atoms with Crippen LogP contribution in [0.5, 0.6) is 5.75 Å². The number of fused-ring (bicyclic) bond motifs is 1. The fraction of sp³-hybridized carbons (Fsp3) is 0.174. The van der Waals surface area contributed by atoms with Crippen LogP contribution in [0.15, 0.2) is 67.8 Å². The largest absolute Gasteiger partial charge is 0.494 e. The Kier molecular flexibility index (Phi) is 5.93. The Morgan fingerprint density at radius 2 is 1.62 bits per heavy atom. The van der Waals surface area contributed by atoms with E-state index in [4.69, 9.17) is 4.74 Å². The van der Waals surface area contributed by atoms with Crippen molar-refractivity contribution in [3.63, 3.8) is 0 Å². The topological polar surface area (TPSA) is 66.9 Å². The Hall–Kier alpha value is -3.67. The van der Waals surface area contributed by atoms with Crippen molar-refractivity contribution in [1.29, 1.82) is 0 Å². The lowest BCUT2D eigenvalue weighted by Crippen LogP contribution is -2.31. The molecule has 0 bridgehead atoms. The van der Waals surface area contributed by atoms with Crippen LogP contribution < -0.4 is 9.64 Å². The van der Waals surface area contributed by atoms with Gasteiger partial charge in [0.05, 0.1) is 23.4 Å². The highest BCUT2D eigenvalue weighted by Crippen LogP contribution is 2.30. The maximum absolute atomic E-state index is 12.9. The van der Waals surface area contributed by atoms with E-state index in [0.717, 1.165) is 4.90 Å². The zero-order valence-corrected chi connectivity index (χ0v) is 16.3. The van der Waals surface area contributed by atoms with Gasteiger partial charge in [-0.1, -0.05) is 12.2 Å². The minimum absolute atomic E-state index is 0.215. The average molecular weight is 390 g/mol. The van der Waals surface area contributed by atoms with Gasteiger partial charge < -0.3 is 9.64 Å². The molecular formula is C23H22N2O4. The molecule has 3 amide bonds.